The van der Waals surface area contributed by atoms with Gasteiger partial charge in [0.1, 0.15) is 5.75 Å². The molecule has 0 unspecified atom stereocenters. The summed E-state index contributed by atoms with van der Waals surface area (Å²) in [6.07, 6.45) is 3.80. The standard InChI is InChI=1S/C17H26N2O2/c1-14-3-6-17(21-13-20-12-15-4-5-15)16(11-14)19-9-2-7-18-8-10-19/h3,6,11,15,18H,2,4-5,7-10,12-13H2,1H3. The zero-order valence-corrected chi connectivity index (χ0v) is 12.9. The van der Waals surface area contributed by atoms with Gasteiger partial charge in [-0.2, -0.15) is 0 Å². The topological polar surface area (TPSA) is 33.7 Å². The number of hydrogen-bond acceptors (Lipinski definition) is 4. The molecule has 1 aromatic carbocycles. The van der Waals surface area contributed by atoms with E-state index in [4.69, 9.17) is 9.47 Å². The van der Waals surface area contributed by atoms with E-state index in [0.29, 0.717) is 6.79 Å². The molecule has 0 amide bonds. The summed E-state index contributed by atoms with van der Waals surface area (Å²) in [5.74, 6) is 1.72. The number of rotatable bonds is 6. The molecule has 116 valence electrons. The summed E-state index contributed by atoms with van der Waals surface area (Å²) in [5, 5.41) is 3.45. The number of benzene rings is 1. The first-order valence-corrected chi connectivity index (χ1v) is 8.10. The van der Waals surface area contributed by atoms with E-state index in [1.807, 2.05) is 0 Å². The number of anilines is 1. The van der Waals surface area contributed by atoms with Gasteiger partial charge in [0.25, 0.3) is 0 Å². The molecule has 0 radical (unpaired) electrons. The van der Waals surface area contributed by atoms with Crippen LogP contribution in [-0.4, -0.2) is 39.6 Å². The minimum Gasteiger partial charge on any atom is -0.465 e. The predicted octanol–water partition coefficient (Wildman–Crippen LogP) is 2.56. The Morgan fingerprint density at radius 3 is 3.00 bits per heavy atom. The van der Waals surface area contributed by atoms with Crippen LogP contribution in [0.2, 0.25) is 0 Å². The highest BCUT2D eigenvalue weighted by Crippen LogP contribution is 2.31. The van der Waals surface area contributed by atoms with Crippen LogP contribution in [0.1, 0.15) is 24.8 Å². The van der Waals surface area contributed by atoms with Crippen molar-refractivity contribution in [2.45, 2.75) is 26.2 Å². The molecule has 0 bridgehead atoms. The highest BCUT2D eigenvalue weighted by Gasteiger charge is 2.21. The van der Waals surface area contributed by atoms with Crippen molar-refractivity contribution in [2.24, 2.45) is 5.92 Å². The Hall–Kier alpha value is -1.26. The van der Waals surface area contributed by atoms with Gasteiger partial charge >= 0.3 is 0 Å². The maximum absolute atomic E-state index is 5.88. The maximum atomic E-state index is 5.88. The fourth-order valence-electron chi connectivity index (χ4n) is 2.69. The molecule has 1 aliphatic heterocycles. The number of nitrogens with zero attached hydrogens (tertiary/aromatic N) is 1. The molecule has 21 heavy (non-hydrogen) atoms. The first-order valence-electron chi connectivity index (χ1n) is 8.10. The van der Waals surface area contributed by atoms with Gasteiger partial charge in [0.15, 0.2) is 6.79 Å². The summed E-state index contributed by atoms with van der Waals surface area (Å²) < 4.78 is 11.5. The molecule has 1 saturated carbocycles. The SMILES string of the molecule is Cc1ccc(OCOCC2CC2)c(N2CCCNCC2)c1. The molecule has 1 N–H and O–H groups in total. The average molecular weight is 290 g/mol. The van der Waals surface area contributed by atoms with Crippen molar-refractivity contribution in [2.75, 3.05) is 44.5 Å². The molecule has 1 aromatic rings. The second-order valence-corrected chi connectivity index (χ2v) is 6.14. The lowest BCUT2D eigenvalue weighted by Gasteiger charge is -2.25. The molecular formula is C17H26N2O2. The Labute approximate surface area is 127 Å². The van der Waals surface area contributed by atoms with Crippen LogP contribution in [-0.2, 0) is 4.74 Å². The van der Waals surface area contributed by atoms with Crippen LogP contribution in [0.4, 0.5) is 5.69 Å². The maximum Gasteiger partial charge on any atom is 0.189 e. The largest absolute Gasteiger partial charge is 0.465 e. The molecule has 4 heteroatoms. The average Bonchev–Trinajstić information content (AvgIpc) is 3.31. The minimum absolute atomic E-state index is 0.360. The minimum atomic E-state index is 0.360. The fraction of sp³-hybridized carbons (Fsp3) is 0.647. The number of aryl methyl sites for hydroxylation is 1. The van der Waals surface area contributed by atoms with Crippen LogP contribution < -0.4 is 15.0 Å². The van der Waals surface area contributed by atoms with Gasteiger partial charge in [-0.25, -0.2) is 0 Å². The zero-order valence-electron chi connectivity index (χ0n) is 12.9. The lowest BCUT2D eigenvalue weighted by Crippen LogP contribution is -2.28. The van der Waals surface area contributed by atoms with Crippen LogP contribution >= 0.6 is 0 Å². The van der Waals surface area contributed by atoms with Gasteiger partial charge in [-0.3, -0.25) is 0 Å². The summed E-state index contributed by atoms with van der Waals surface area (Å²) >= 11 is 0. The van der Waals surface area contributed by atoms with E-state index in [2.05, 4.69) is 35.3 Å². The second kappa shape index (κ2) is 7.14. The van der Waals surface area contributed by atoms with Crippen molar-refractivity contribution >= 4 is 5.69 Å². The Morgan fingerprint density at radius 1 is 1.24 bits per heavy atom. The molecule has 3 rings (SSSR count). The Morgan fingerprint density at radius 2 is 2.14 bits per heavy atom. The third kappa shape index (κ3) is 4.35. The Kier molecular flexibility index (Phi) is 4.99. The monoisotopic (exact) mass is 290 g/mol. The second-order valence-electron chi connectivity index (χ2n) is 6.14. The third-order valence-electron chi connectivity index (χ3n) is 4.14. The first-order chi connectivity index (χ1) is 10.3. The smallest absolute Gasteiger partial charge is 0.189 e. The van der Waals surface area contributed by atoms with Crippen molar-refractivity contribution in [3.05, 3.63) is 23.8 Å². The molecule has 0 spiro atoms. The van der Waals surface area contributed by atoms with E-state index >= 15 is 0 Å². The van der Waals surface area contributed by atoms with E-state index in [1.165, 1.54) is 30.5 Å². The van der Waals surface area contributed by atoms with Crippen LogP contribution in [0.3, 0.4) is 0 Å². The van der Waals surface area contributed by atoms with Gasteiger partial charge in [0.2, 0.25) is 0 Å². The third-order valence-corrected chi connectivity index (χ3v) is 4.14. The van der Waals surface area contributed by atoms with Crippen molar-refractivity contribution in [3.63, 3.8) is 0 Å². The molecule has 4 nitrogen and oxygen atoms in total. The van der Waals surface area contributed by atoms with E-state index in [-0.39, 0.29) is 0 Å². The fourth-order valence-corrected chi connectivity index (χ4v) is 2.69. The van der Waals surface area contributed by atoms with Gasteiger partial charge in [-0.1, -0.05) is 6.07 Å². The van der Waals surface area contributed by atoms with Crippen molar-refractivity contribution < 1.29 is 9.47 Å². The van der Waals surface area contributed by atoms with E-state index in [0.717, 1.165) is 44.5 Å². The summed E-state index contributed by atoms with van der Waals surface area (Å²) in [4.78, 5) is 2.42. The van der Waals surface area contributed by atoms with E-state index in [1.54, 1.807) is 0 Å². The van der Waals surface area contributed by atoms with Crippen LogP contribution in [0.5, 0.6) is 5.75 Å². The van der Waals surface area contributed by atoms with Crippen LogP contribution in [0.15, 0.2) is 18.2 Å². The first kappa shape index (κ1) is 14.7. The van der Waals surface area contributed by atoms with Gasteiger partial charge in [0, 0.05) is 19.6 Å². The number of hydrogen-bond donors (Lipinski definition) is 1. The van der Waals surface area contributed by atoms with Gasteiger partial charge in [0.05, 0.1) is 12.3 Å². The quantitative estimate of drug-likeness (QED) is 0.645. The van der Waals surface area contributed by atoms with Crippen molar-refractivity contribution in [3.8, 4) is 5.75 Å². The molecule has 2 fully saturated rings. The van der Waals surface area contributed by atoms with Gasteiger partial charge in [-0.15, -0.1) is 0 Å². The molecular weight excluding hydrogens is 264 g/mol. The Balaban J connectivity index is 1.63. The van der Waals surface area contributed by atoms with Crippen molar-refractivity contribution in [1.29, 1.82) is 0 Å². The molecule has 0 aromatic heterocycles. The predicted molar refractivity (Wildman–Crippen MR) is 85.0 cm³/mol. The van der Waals surface area contributed by atoms with E-state index in [9.17, 15) is 0 Å². The summed E-state index contributed by atoms with van der Waals surface area (Å²) in [6.45, 7) is 7.58. The highest BCUT2D eigenvalue weighted by molar-refractivity contribution is 5.60. The molecule has 2 aliphatic rings. The normalized spacial score (nSPS) is 19.4. The summed E-state index contributed by atoms with van der Waals surface area (Å²) in [5.41, 5.74) is 2.47. The Bertz CT molecular complexity index is 452. The number of ether oxygens (including phenoxy) is 2. The lowest BCUT2D eigenvalue weighted by molar-refractivity contribution is 0.0102. The molecule has 1 saturated heterocycles. The molecule has 0 atom stereocenters. The van der Waals surface area contributed by atoms with E-state index < -0.39 is 0 Å². The van der Waals surface area contributed by atoms with Gasteiger partial charge < -0.3 is 19.7 Å². The van der Waals surface area contributed by atoms with Crippen molar-refractivity contribution in [1.82, 2.24) is 5.32 Å². The zero-order chi connectivity index (χ0) is 14.5. The van der Waals surface area contributed by atoms with Crippen LogP contribution in [0.25, 0.3) is 0 Å². The van der Waals surface area contributed by atoms with Crippen LogP contribution in [0, 0.1) is 12.8 Å². The molecule has 1 heterocycles. The molecule has 1 aliphatic carbocycles. The summed E-state index contributed by atoms with van der Waals surface area (Å²) in [7, 11) is 0. The van der Waals surface area contributed by atoms with Gasteiger partial charge in [-0.05, 0) is 56.3 Å². The summed E-state index contributed by atoms with van der Waals surface area (Å²) in [6, 6.07) is 6.40. The number of nitrogens with one attached hydrogen (secondary N) is 1. The lowest BCUT2D eigenvalue weighted by atomic mass is 10.2. The highest BCUT2D eigenvalue weighted by atomic mass is 16.7.